The van der Waals surface area contributed by atoms with Gasteiger partial charge >= 0.3 is 0 Å². The SMILES string of the molecule is C#CCC(CC)NC(=O)c1nn(C)c2ccccc12. The van der Waals surface area contributed by atoms with E-state index in [0.29, 0.717) is 12.1 Å². The zero-order valence-corrected chi connectivity index (χ0v) is 11.2. The van der Waals surface area contributed by atoms with Gasteiger partial charge in [-0.1, -0.05) is 25.1 Å². The highest BCUT2D eigenvalue weighted by Gasteiger charge is 2.17. The van der Waals surface area contributed by atoms with E-state index in [-0.39, 0.29) is 11.9 Å². The Bertz CT molecular complexity index is 636. The molecule has 1 N–H and O–H groups in total. The predicted octanol–water partition coefficient (Wildman–Crippen LogP) is 2.10. The molecule has 0 saturated heterocycles. The Morgan fingerprint density at radius 1 is 1.53 bits per heavy atom. The lowest BCUT2D eigenvalue weighted by Crippen LogP contribution is -2.34. The Hall–Kier alpha value is -2.28. The Balaban J connectivity index is 2.29. The number of carbonyl (C=O) groups excluding carboxylic acids is 1. The number of rotatable bonds is 4. The van der Waals surface area contributed by atoms with Crippen molar-refractivity contribution in [3.8, 4) is 12.3 Å². The summed E-state index contributed by atoms with van der Waals surface area (Å²) < 4.78 is 1.71. The Kier molecular flexibility index (Phi) is 3.86. The third kappa shape index (κ3) is 2.60. The molecule has 1 aromatic carbocycles. The number of benzene rings is 1. The molecule has 0 radical (unpaired) electrons. The minimum atomic E-state index is -0.168. The maximum Gasteiger partial charge on any atom is 0.272 e. The van der Waals surface area contributed by atoms with Crippen molar-refractivity contribution >= 4 is 16.8 Å². The number of fused-ring (bicyclic) bond motifs is 1. The molecule has 1 aromatic heterocycles. The standard InChI is InChI=1S/C15H17N3O/c1-4-8-11(5-2)16-15(19)14-12-9-6-7-10-13(12)18(3)17-14/h1,6-7,9-11H,5,8H2,2-3H3,(H,16,19). The van der Waals surface area contributed by atoms with E-state index in [1.165, 1.54) is 0 Å². The van der Waals surface area contributed by atoms with Crippen LogP contribution in [0.1, 0.15) is 30.3 Å². The number of aromatic nitrogens is 2. The Morgan fingerprint density at radius 3 is 2.95 bits per heavy atom. The Labute approximate surface area is 112 Å². The monoisotopic (exact) mass is 255 g/mol. The van der Waals surface area contributed by atoms with E-state index in [2.05, 4.69) is 16.3 Å². The van der Waals surface area contributed by atoms with Gasteiger partial charge in [0.1, 0.15) is 0 Å². The summed E-state index contributed by atoms with van der Waals surface area (Å²) in [6.45, 7) is 2.00. The number of carbonyl (C=O) groups is 1. The fraction of sp³-hybridized carbons (Fsp3) is 0.333. The summed E-state index contributed by atoms with van der Waals surface area (Å²) in [5.41, 5.74) is 1.39. The molecule has 1 unspecified atom stereocenters. The van der Waals surface area contributed by atoms with Gasteiger partial charge in [0, 0.05) is 24.9 Å². The van der Waals surface area contributed by atoms with Gasteiger partial charge in [-0.2, -0.15) is 5.10 Å². The van der Waals surface area contributed by atoms with Gasteiger partial charge in [-0.15, -0.1) is 12.3 Å². The van der Waals surface area contributed by atoms with Crippen molar-refractivity contribution in [1.82, 2.24) is 15.1 Å². The molecule has 4 heteroatoms. The summed E-state index contributed by atoms with van der Waals surface area (Å²) in [6.07, 6.45) is 6.63. The first-order valence-corrected chi connectivity index (χ1v) is 6.33. The number of nitrogens with one attached hydrogen (secondary N) is 1. The van der Waals surface area contributed by atoms with E-state index >= 15 is 0 Å². The topological polar surface area (TPSA) is 46.9 Å². The fourth-order valence-electron chi connectivity index (χ4n) is 2.07. The third-order valence-electron chi connectivity index (χ3n) is 3.17. The average molecular weight is 255 g/mol. The van der Waals surface area contributed by atoms with Crippen molar-refractivity contribution < 1.29 is 4.79 Å². The van der Waals surface area contributed by atoms with Crippen LogP contribution in [0.2, 0.25) is 0 Å². The molecule has 4 nitrogen and oxygen atoms in total. The van der Waals surface area contributed by atoms with E-state index in [9.17, 15) is 4.79 Å². The molecule has 1 heterocycles. The lowest BCUT2D eigenvalue weighted by Gasteiger charge is -2.13. The highest BCUT2D eigenvalue weighted by atomic mass is 16.2. The molecule has 0 aliphatic rings. The molecule has 1 atom stereocenters. The summed E-state index contributed by atoms with van der Waals surface area (Å²) in [7, 11) is 1.83. The molecule has 19 heavy (non-hydrogen) atoms. The number of para-hydroxylation sites is 1. The fourth-order valence-corrected chi connectivity index (χ4v) is 2.07. The summed E-state index contributed by atoms with van der Waals surface area (Å²) >= 11 is 0. The highest BCUT2D eigenvalue weighted by molar-refractivity contribution is 6.04. The van der Waals surface area contributed by atoms with Crippen LogP contribution in [-0.2, 0) is 7.05 Å². The van der Waals surface area contributed by atoms with Crippen LogP contribution in [-0.4, -0.2) is 21.7 Å². The van der Waals surface area contributed by atoms with Gasteiger partial charge in [0.05, 0.1) is 5.52 Å². The smallest absolute Gasteiger partial charge is 0.272 e. The van der Waals surface area contributed by atoms with Gasteiger partial charge in [0.25, 0.3) is 5.91 Å². The second-order valence-electron chi connectivity index (χ2n) is 4.48. The maximum atomic E-state index is 12.3. The Morgan fingerprint density at radius 2 is 2.26 bits per heavy atom. The molecule has 1 amide bonds. The number of nitrogens with zero attached hydrogens (tertiary/aromatic N) is 2. The van der Waals surface area contributed by atoms with Gasteiger partial charge in [-0.3, -0.25) is 9.48 Å². The van der Waals surface area contributed by atoms with Crippen molar-refractivity contribution in [2.24, 2.45) is 7.05 Å². The minimum absolute atomic E-state index is 0.00160. The van der Waals surface area contributed by atoms with Crippen molar-refractivity contribution in [3.05, 3.63) is 30.0 Å². The molecular weight excluding hydrogens is 238 g/mol. The summed E-state index contributed by atoms with van der Waals surface area (Å²) in [5.74, 6) is 2.41. The van der Waals surface area contributed by atoms with Crippen LogP contribution < -0.4 is 5.32 Å². The third-order valence-corrected chi connectivity index (χ3v) is 3.17. The average Bonchev–Trinajstić information content (AvgIpc) is 2.76. The van der Waals surface area contributed by atoms with Crippen molar-refractivity contribution in [2.75, 3.05) is 0 Å². The molecule has 0 aliphatic carbocycles. The van der Waals surface area contributed by atoms with E-state index in [0.717, 1.165) is 17.3 Å². The van der Waals surface area contributed by atoms with Crippen molar-refractivity contribution in [2.45, 2.75) is 25.8 Å². The van der Waals surface area contributed by atoms with Crippen LogP contribution in [0.4, 0.5) is 0 Å². The normalized spacial score (nSPS) is 12.1. The van der Waals surface area contributed by atoms with Crippen LogP contribution in [0.5, 0.6) is 0 Å². The summed E-state index contributed by atoms with van der Waals surface area (Å²) in [5, 5.41) is 8.08. The van der Waals surface area contributed by atoms with Gasteiger partial charge in [0.15, 0.2) is 5.69 Å². The van der Waals surface area contributed by atoms with Crippen LogP contribution in [0.15, 0.2) is 24.3 Å². The second kappa shape index (κ2) is 5.57. The first-order valence-electron chi connectivity index (χ1n) is 6.33. The van der Waals surface area contributed by atoms with Crippen LogP contribution >= 0.6 is 0 Å². The van der Waals surface area contributed by atoms with Crippen molar-refractivity contribution in [3.63, 3.8) is 0 Å². The molecular formula is C15H17N3O. The van der Waals surface area contributed by atoms with E-state index in [4.69, 9.17) is 6.42 Å². The molecule has 0 saturated carbocycles. The molecule has 98 valence electrons. The summed E-state index contributed by atoms with van der Waals surface area (Å²) in [4.78, 5) is 12.3. The zero-order chi connectivity index (χ0) is 13.8. The van der Waals surface area contributed by atoms with Crippen molar-refractivity contribution in [1.29, 1.82) is 0 Å². The minimum Gasteiger partial charge on any atom is -0.347 e. The van der Waals surface area contributed by atoms with E-state index in [1.807, 2.05) is 38.2 Å². The predicted molar refractivity (Wildman–Crippen MR) is 75.7 cm³/mol. The first-order chi connectivity index (χ1) is 9.17. The van der Waals surface area contributed by atoms with Crippen LogP contribution in [0, 0.1) is 12.3 Å². The van der Waals surface area contributed by atoms with Crippen LogP contribution in [0.25, 0.3) is 10.9 Å². The van der Waals surface area contributed by atoms with Gasteiger partial charge in [-0.05, 0) is 12.5 Å². The first kappa shape index (κ1) is 13.2. The molecule has 0 bridgehead atoms. The highest BCUT2D eigenvalue weighted by Crippen LogP contribution is 2.17. The van der Waals surface area contributed by atoms with E-state index < -0.39 is 0 Å². The molecule has 0 aliphatic heterocycles. The summed E-state index contributed by atoms with van der Waals surface area (Å²) in [6, 6.07) is 7.67. The lowest BCUT2D eigenvalue weighted by atomic mass is 10.1. The molecule has 2 aromatic rings. The van der Waals surface area contributed by atoms with Gasteiger partial charge < -0.3 is 5.32 Å². The number of hydrogen-bond acceptors (Lipinski definition) is 2. The van der Waals surface area contributed by atoms with Crippen LogP contribution in [0.3, 0.4) is 0 Å². The zero-order valence-electron chi connectivity index (χ0n) is 11.2. The number of hydrogen-bond donors (Lipinski definition) is 1. The number of terminal acetylenes is 1. The van der Waals surface area contributed by atoms with E-state index in [1.54, 1.807) is 4.68 Å². The molecule has 0 fully saturated rings. The quantitative estimate of drug-likeness (QED) is 0.850. The molecule has 0 spiro atoms. The number of amides is 1. The van der Waals surface area contributed by atoms with Gasteiger partial charge in [0.2, 0.25) is 0 Å². The van der Waals surface area contributed by atoms with Gasteiger partial charge in [-0.25, -0.2) is 0 Å². The maximum absolute atomic E-state index is 12.3. The molecule has 2 rings (SSSR count). The number of aryl methyl sites for hydroxylation is 1. The second-order valence-corrected chi connectivity index (χ2v) is 4.48. The lowest BCUT2D eigenvalue weighted by molar-refractivity contribution is 0.0932. The largest absolute Gasteiger partial charge is 0.347 e.